The Kier molecular flexibility index (Phi) is 3.68. The van der Waals surface area contributed by atoms with Crippen LogP contribution in [0.3, 0.4) is 0 Å². The van der Waals surface area contributed by atoms with Gasteiger partial charge in [-0.05, 0) is 41.1 Å². The van der Waals surface area contributed by atoms with Crippen LogP contribution in [0.5, 0.6) is 0 Å². The van der Waals surface area contributed by atoms with E-state index < -0.39 is 0 Å². The Hall–Kier alpha value is -1.49. The second-order valence-electron chi connectivity index (χ2n) is 3.42. The number of nitrogens with zero attached hydrogens (tertiary/aromatic N) is 3. The van der Waals surface area contributed by atoms with Crippen LogP contribution in [0.1, 0.15) is 6.92 Å². The van der Waals surface area contributed by atoms with Crippen LogP contribution in [0, 0.1) is 5.82 Å². The Bertz CT molecular complexity index is 473. The van der Waals surface area contributed by atoms with Gasteiger partial charge in [0.15, 0.2) is 0 Å². The van der Waals surface area contributed by atoms with Gasteiger partial charge in [-0.15, -0.1) is 0 Å². The van der Waals surface area contributed by atoms with Gasteiger partial charge in [0.25, 0.3) is 0 Å². The largest absolute Gasteiger partial charge is 0.326 e. The van der Waals surface area contributed by atoms with Crippen molar-refractivity contribution in [2.75, 3.05) is 11.4 Å². The van der Waals surface area contributed by atoms with Gasteiger partial charge in [0.05, 0.1) is 0 Å². The molecule has 88 valence electrons. The SMILES string of the molecule is CCN(c1cccc(F)c1)c1cc(Br)ncn1. The Morgan fingerprint density at radius 1 is 1.29 bits per heavy atom. The van der Waals surface area contributed by atoms with Crippen molar-refractivity contribution in [2.45, 2.75) is 6.92 Å². The summed E-state index contributed by atoms with van der Waals surface area (Å²) in [4.78, 5) is 10.1. The highest BCUT2D eigenvalue weighted by Gasteiger charge is 2.09. The first-order valence-electron chi connectivity index (χ1n) is 5.21. The molecule has 17 heavy (non-hydrogen) atoms. The lowest BCUT2D eigenvalue weighted by Crippen LogP contribution is -2.17. The van der Waals surface area contributed by atoms with E-state index in [1.54, 1.807) is 12.1 Å². The van der Waals surface area contributed by atoms with Crippen molar-refractivity contribution in [1.29, 1.82) is 0 Å². The average Bonchev–Trinajstić information content (AvgIpc) is 2.30. The lowest BCUT2D eigenvalue weighted by molar-refractivity contribution is 0.627. The lowest BCUT2D eigenvalue weighted by Gasteiger charge is -2.21. The van der Waals surface area contributed by atoms with Crippen LogP contribution in [0.2, 0.25) is 0 Å². The highest BCUT2D eigenvalue weighted by Crippen LogP contribution is 2.24. The van der Waals surface area contributed by atoms with Crippen molar-refractivity contribution in [3.63, 3.8) is 0 Å². The summed E-state index contributed by atoms with van der Waals surface area (Å²) in [6.07, 6.45) is 1.47. The van der Waals surface area contributed by atoms with E-state index in [1.165, 1.54) is 18.5 Å². The van der Waals surface area contributed by atoms with Gasteiger partial charge >= 0.3 is 0 Å². The normalized spacial score (nSPS) is 10.3. The summed E-state index contributed by atoms with van der Waals surface area (Å²) in [5.41, 5.74) is 0.776. The molecule has 1 aromatic carbocycles. The zero-order chi connectivity index (χ0) is 12.3. The van der Waals surface area contributed by atoms with E-state index in [-0.39, 0.29) is 5.82 Å². The summed E-state index contributed by atoms with van der Waals surface area (Å²) in [7, 11) is 0. The zero-order valence-corrected chi connectivity index (χ0v) is 10.9. The minimum atomic E-state index is -0.255. The first-order chi connectivity index (χ1) is 8.20. The molecular weight excluding hydrogens is 285 g/mol. The van der Waals surface area contributed by atoms with E-state index in [4.69, 9.17) is 0 Å². The summed E-state index contributed by atoms with van der Waals surface area (Å²) >= 11 is 3.29. The van der Waals surface area contributed by atoms with Gasteiger partial charge < -0.3 is 4.90 Å². The number of rotatable bonds is 3. The number of anilines is 2. The van der Waals surface area contributed by atoms with Crippen LogP contribution in [-0.2, 0) is 0 Å². The molecule has 0 saturated carbocycles. The second kappa shape index (κ2) is 5.23. The molecule has 0 aliphatic rings. The Labute approximate surface area is 107 Å². The molecule has 3 nitrogen and oxygen atoms in total. The smallest absolute Gasteiger partial charge is 0.137 e. The average molecular weight is 296 g/mol. The van der Waals surface area contributed by atoms with Gasteiger partial charge in [0.2, 0.25) is 0 Å². The molecule has 0 N–H and O–H groups in total. The Balaban J connectivity index is 2.40. The summed E-state index contributed by atoms with van der Waals surface area (Å²) in [5.74, 6) is 0.481. The summed E-state index contributed by atoms with van der Waals surface area (Å²) in [6, 6.07) is 8.24. The quantitative estimate of drug-likeness (QED) is 0.811. The van der Waals surface area contributed by atoms with E-state index in [1.807, 2.05) is 17.9 Å². The van der Waals surface area contributed by atoms with Crippen LogP contribution >= 0.6 is 15.9 Å². The molecule has 0 aliphatic heterocycles. The summed E-state index contributed by atoms with van der Waals surface area (Å²) < 4.78 is 13.9. The van der Waals surface area contributed by atoms with Gasteiger partial charge in [0.1, 0.15) is 22.6 Å². The molecule has 2 aromatic rings. The van der Waals surface area contributed by atoms with E-state index in [9.17, 15) is 4.39 Å². The van der Waals surface area contributed by atoms with Crippen molar-refractivity contribution in [3.8, 4) is 0 Å². The topological polar surface area (TPSA) is 29.0 Å². The Morgan fingerprint density at radius 2 is 2.12 bits per heavy atom. The van der Waals surface area contributed by atoms with Crippen molar-refractivity contribution in [1.82, 2.24) is 9.97 Å². The molecule has 2 rings (SSSR count). The predicted molar refractivity (Wildman–Crippen MR) is 68.8 cm³/mol. The summed E-state index contributed by atoms with van der Waals surface area (Å²) in [6.45, 7) is 2.69. The highest BCUT2D eigenvalue weighted by molar-refractivity contribution is 9.10. The van der Waals surface area contributed by atoms with E-state index in [0.717, 1.165) is 11.5 Å². The first-order valence-corrected chi connectivity index (χ1v) is 6.00. The van der Waals surface area contributed by atoms with E-state index in [0.29, 0.717) is 11.1 Å². The number of hydrogen-bond donors (Lipinski definition) is 0. The standard InChI is InChI=1S/C12H11BrFN3/c1-2-17(10-5-3-4-9(14)6-10)12-7-11(13)15-8-16-12/h3-8H,2H2,1H3. The van der Waals surface area contributed by atoms with Crippen LogP contribution in [0.25, 0.3) is 0 Å². The maximum absolute atomic E-state index is 13.2. The molecule has 1 aromatic heterocycles. The number of hydrogen-bond acceptors (Lipinski definition) is 3. The molecule has 0 radical (unpaired) electrons. The zero-order valence-electron chi connectivity index (χ0n) is 9.27. The maximum Gasteiger partial charge on any atom is 0.137 e. The fourth-order valence-corrected chi connectivity index (χ4v) is 1.89. The van der Waals surface area contributed by atoms with Crippen molar-refractivity contribution < 1.29 is 4.39 Å². The molecule has 0 amide bonds. The third kappa shape index (κ3) is 2.79. The second-order valence-corrected chi connectivity index (χ2v) is 4.24. The number of aromatic nitrogens is 2. The monoisotopic (exact) mass is 295 g/mol. The van der Waals surface area contributed by atoms with Crippen molar-refractivity contribution in [2.24, 2.45) is 0 Å². The fourth-order valence-electron chi connectivity index (χ4n) is 1.59. The molecule has 0 aliphatic carbocycles. The Morgan fingerprint density at radius 3 is 2.76 bits per heavy atom. The van der Waals surface area contributed by atoms with Crippen LogP contribution < -0.4 is 4.90 Å². The first kappa shape index (κ1) is 12.0. The third-order valence-corrected chi connectivity index (χ3v) is 2.77. The number of benzene rings is 1. The fraction of sp³-hybridized carbons (Fsp3) is 0.167. The van der Waals surface area contributed by atoms with Crippen molar-refractivity contribution >= 4 is 27.4 Å². The molecule has 1 heterocycles. The van der Waals surface area contributed by atoms with Gasteiger partial charge in [-0.2, -0.15) is 0 Å². The van der Waals surface area contributed by atoms with Crippen LogP contribution in [0.15, 0.2) is 41.3 Å². The predicted octanol–water partition coefficient (Wildman–Crippen LogP) is 3.54. The number of halogens is 2. The molecule has 0 atom stereocenters. The van der Waals surface area contributed by atoms with Gasteiger partial charge in [-0.1, -0.05) is 6.07 Å². The molecule has 0 spiro atoms. The van der Waals surface area contributed by atoms with Crippen LogP contribution in [-0.4, -0.2) is 16.5 Å². The van der Waals surface area contributed by atoms with E-state index in [2.05, 4.69) is 25.9 Å². The van der Waals surface area contributed by atoms with Gasteiger partial charge in [-0.25, -0.2) is 14.4 Å². The van der Waals surface area contributed by atoms with Crippen molar-refractivity contribution in [3.05, 3.63) is 47.1 Å². The van der Waals surface area contributed by atoms with Gasteiger partial charge in [-0.3, -0.25) is 0 Å². The molecule has 0 unspecified atom stereocenters. The minimum absolute atomic E-state index is 0.255. The third-order valence-electron chi connectivity index (χ3n) is 2.33. The highest BCUT2D eigenvalue weighted by atomic mass is 79.9. The maximum atomic E-state index is 13.2. The lowest BCUT2D eigenvalue weighted by atomic mass is 10.2. The van der Waals surface area contributed by atoms with Gasteiger partial charge in [0, 0.05) is 18.3 Å². The minimum Gasteiger partial charge on any atom is -0.326 e. The van der Waals surface area contributed by atoms with E-state index >= 15 is 0 Å². The molecular formula is C12H11BrFN3. The van der Waals surface area contributed by atoms with Crippen LogP contribution in [0.4, 0.5) is 15.9 Å². The summed E-state index contributed by atoms with van der Waals surface area (Å²) in [5, 5.41) is 0. The molecule has 5 heteroatoms. The molecule has 0 fully saturated rings. The molecule has 0 bridgehead atoms. The molecule has 0 saturated heterocycles.